The molecule has 1 N–H and O–H groups in total. The molecule has 1 atom stereocenters. The zero-order valence-corrected chi connectivity index (χ0v) is 10.1. The van der Waals surface area contributed by atoms with E-state index in [0.29, 0.717) is 0 Å². The molecule has 0 saturated heterocycles. The molecule has 1 rings (SSSR count). The summed E-state index contributed by atoms with van der Waals surface area (Å²) in [6.07, 6.45) is 6.81. The van der Waals surface area contributed by atoms with E-state index in [1.165, 1.54) is 45.2 Å². The van der Waals surface area contributed by atoms with E-state index in [9.17, 15) is 0 Å². The first-order chi connectivity index (χ1) is 6.75. The monoisotopic (exact) mass is 198 g/mol. The molecule has 0 spiro atoms. The van der Waals surface area contributed by atoms with Crippen molar-refractivity contribution >= 4 is 0 Å². The molecule has 0 aromatic heterocycles. The van der Waals surface area contributed by atoms with Crippen LogP contribution in [-0.4, -0.2) is 37.1 Å². The van der Waals surface area contributed by atoms with Crippen LogP contribution in [0, 0.1) is 0 Å². The van der Waals surface area contributed by atoms with Gasteiger partial charge in [-0.05, 0) is 52.7 Å². The van der Waals surface area contributed by atoms with Gasteiger partial charge in [0.15, 0.2) is 0 Å². The molecule has 1 saturated carbocycles. The molecule has 0 aliphatic heterocycles. The van der Waals surface area contributed by atoms with Gasteiger partial charge in [0.1, 0.15) is 0 Å². The predicted molar refractivity (Wildman–Crippen MR) is 62.6 cm³/mol. The lowest BCUT2D eigenvalue weighted by Crippen LogP contribution is -2.43. The summed E-state index contributed by atoms with van der Waals surface area (Å²) in [6.45, 7) is 6.91. The van der Waals surface area contributed by atoms with Crippen molar-refractivity contribution in [2.75, 3.05) is 20.1 Å². The minimum Gasteiger partial charge on any atom is -0.317 e. The lowest BCUT2D eigenvalue weighted by atomic mass is 9.90. The third-order valence-corrected chi connectivity index (χ3v) is 3.51. The maximum Gasteiger partial charge on any atom is 0.00950 e. The molecule has 14 heavy (non-hydrogen) atoms. The molecule has 1 aliphatic carbocycles. The van der Waals surface area contributed by atoms with E-state index in [2.05, 4.69) is 31.1 Å². The fourth-order valence-corrected chi connectivity index (χ4v) is 1.97. The van der Waals surface area contributed by atoms with Crippen molar-refractivity contribution in [3.8, 4) is 0 Å². The Bertz CT molecular complexity index is 143. The predicted octanol–water partition coefficient (Wildman–Crippen LogP) is 2.25. The smallest absolute Gasteiger partial charge is 0.00950 e. The van der Waals surface area contributed by atoms with Gasteiger partial charge in [-0.1, -0.05) is 13.3 Å². The molecule has 1 unspecified atom stereocenters. The van der Waals surface area contributed by atoms with Crippen molar-refractivity contribution in [3.05, 3.63) is 0 Å². The molecule has 0 radical (unpaired) electrons. The lowest BCUT2D eigenvalue weighted by molar-refractivity contribution is 0.113. The van der Waals surface area contributed by atoms with Gasteiger partial charge in [0.05, 0.1) is 0 Å². The molecule has 2 nitrogen and oxygen atoms in total. The van der Waals surface area contributed by atoms with Crippen LogP contribution in [0.15, 0.2) is 0 Å². The van der Waals surface area contributed by atoms with Crippen molar-refractivity contribution < 1.29 is 0 Å². The van der Waals surface area contributed by atoms with Gasteiger partial charge in [-0.25, -0.2) is 0 Å². The van der Waals surface area contributed by atoms with Gasteiger partial charge < -0.3 is 10.2 Å². The highest BCUT2D eigenvalue weighted by Crippen LogP contribution is 2.25. The lowest BCUT2D eigenvalue weighted by Gasteiger charge is -2.38. The second kappa shape index (κ2) is 6.41. The average molecular weight is 198 g/mol. The van der Waals surface area contributed by atoms with Crippen molar-refractivity contribution in [3.63, 3.8) is 0 Å². The fraction of sp³-hybridized carbons (Fsp3) is 1.00. The third kappa shape index (κ3) is 3.58. The summed E-state index contributed by atoms with van der Waals surface area (Å²) in [5, 5.41) is 3.47. The molecule has 2 heteroatoms. The zero-order chi connectivity index (χ0) is 10.4. The van der Waals surface area contributed by atoms with Gasteiger partial charge in [0.2, 0.25) is 0 Å². The Morgan fingerprint density at radius 1 is 1.36 bits per heavy atom. The number of rotatable bonds is 7. The number of hydrogen-bond donors (Lipinski definition) is 1. The minimum absolute atomic E-state index is 0.740. The minimum atomic E-state index is 0.740. The van der Waals surface area contributed by atoms with E-state index in [1.807, 2.05) is 0 Å². The van der Waals surface area contributed by atoms with Gasteiger partial charge in [-0.2, -0.15) is 0 Å². The zero-order valence-electron chi connectivity index (χ0n) is 10.1. The molecule has 0 aromatic rings. The molecular formula is C12H26N2. The van der Waals surface area contributed by atoms with Gasteiger partial charge >= 0.3 is 0 Å². The Hall–Kier alpha value is -0.0800. The maximum absolute atomic E-state index is 3.47. The molecular weight excluding hydrogens is 172 g/mol. The highest BCUT2D eigenvalue weighted by atomic mass is 15.2. The largest absolute Gasteiger partial charge is 0.317 e. The van der Waals surface area contributed by atoms with Gasteiger partial charge in [0.25, 0.3) is 0 Å². The number of hydrogen-bond acceptors (Lipinski definition) is 2. The standard InChI is InChI=1S/C12H26N2/c1-4-9-13-10-8-11(2)14(3)12-6-5-7-12/h11-13H,4-10H2,1-3H3. The number of nitrogens with one attached hydrogen (secondary N) is 1. The van der Waals surface area contributed by atoms with E-state index in [4.69, 9.17) is 0 Å². The summed E-state index contributed by atoms with van der Waals surface area (Å²) in [5.74, 6) is 0. The van der Waals surface area contributed by atoms with Crippen LogP contribution in [0.1, 0.15) is 46.0 Å². The third-order valence-electron chi connectivity index (χ3n) is 3.51. The first kappa shape index (κ1) is 12.0. The van der Waals surface area contributed by atoms with Crippen LogP contribution in [0.4, 0.5) is 0 Å². The quantitative estimate of drug-likeness (QED) is 0.631. The highest BCUT2D eigenvalue weighted by Gasteiger charge is 2.24. The van der Waals surface area contributed by atoms with E-state index < -0.39 is 0 Å². The molecule has 1 fully saturated rings. The molecule has 0 bridgehead atoms. The summed E-state index contributed by atoms with van der Waals surface area (Å²) in [4.78, 5) is 2.57. The van der Waals surface area contributed by atoms with Crippen molar-refractivity contribution in [2.24, 2.45) is 0 Å². The topological polar surface area (TPSA) is 15.3 Å². The molecule has 1 aliphatic rings. The second-order valence-electron chi connectivity index (χ2n) is 4.64. The van der Waals surface area contributed by atoms with Crippen molar-refractivity contribution in [2.45, 2.75) is 58.0 Å². The summed E-state index contributed by atoms with van der Waals surface area (Å²) in [5.41, 5.74) is 0. The number of nitrogens with zero attached hydrogens (tertiary/aromatic N) is 1. The Morgan fingerprint density at radius 3 is 2.57 bits per heavy atom. The average Bonchev–Trinajstić information content (AvgIpc) is 2.09. The molecule has 84 valence electrons. The maximum atomic E-state index is 3.47. The van der Waals surface area contributed by atoms with Gasteiger partial charge in [-0.15, -0.1) is 0 Å². The Morgan fingerprint density at radius 2 is 2.07 bits per heavy atom. The SMILES string of the molecule is CCCNCCC(C)N(C)C1CCC1. The molecule has 0 amide bonds. The van der Waals surface area contributed by atoms with Gasteiger partial charge in [-0.3, -0.25) is 0 Å². The second-order valence-corrected chi connectivity index (χ2v) is 4.64. The van der Waals surface area contributed by atoms with E-state index in [-0.39, 0.29) is 0 Å². The first-order valence-electron chi connectivity index (χ1n) is 6.18. The summed E-state index contributed by atoms with van der Waals surface area (Å²) >= 11 is 0. The fourth-order valence-electron chi connectivity index (χ4n) is 1.97. The van der Waals surface area contributed by atoms with Crippen LogP contribution in [0.2, 0.25) is 0 Å². The van der Waals surface area contributed by atoms with Crippen molar-refractivity contribution in [1.29, 1.82) is 0 Å². The Balaban J connectivity index is 2.04. The highest BCUT2D eigenvalue weighted by molar-refractivity contribution is 4.81. The summed E-state index contributed by atoms with van der Waals surface area (Å²) < 4.78 is 0. The summed E-state index contributed by atoms with van der Waals surface area (Å²) in [6, 6.07) is 1.63. The van der Waals surface area contributed by atoms with Crippen LogP contribution in [0.5, 0.6) is 0 Å². The Kier molecular flexibility index (Phi) is 5.49. The van der Waals surface area contributed by atoms with Crippen LogP contribution < -0.4 is 5.32 Å². The van der Waals surface area contributed by atoms with Gasteiger partial charge in [0, 0.05) is 12.1 Å². The van der Waals surface area contributed by atoms with Crippen LogP contribution >= 0.6 is 0 Å². The van der Waals surface area contributed by atoms with Crippen LogP contribution in [0.25, 0.3) is 0 Å². The van der Waals surface area contributed by atoms with E-state index in [0.717, 1.165) is 12.1 Å². The van der Waals surface area contributed by atoms with Crippen LogP contribution in [0.3, 0.4) is 0 Å². The summed E-state index contributed by atoms with van der Waals surface area (Å²) in [7, 11) is 2.29. The normalized spacial score (nSPS) is 19.7. The van der Waals surface area contributed by atoms with E-state index >= 15 is 0 Å². The van der Waals surface area contributed by atoms with E-state index in [1.54, 1.807) is 0 Å². The van der Waals surface area contributed by atoms with Crippen molar-refractivity contribution in [1.82, 2.24) is 10.2 Å². The van der Waals surface area contributed by atoms with Crippen LogP contribution in [-0.2, 0) is 0 Å². The Labute approximate surface area is 89.1 Å². The first-order valence-corrected chi connectivity index (χ1v) is 6.18. The molecule has 0 heterocycles. The molecule has 0 aromatic carbocycles.